The van der Waals surface area contributed by atoms with Gasteiger partial charge in [-0.15, -0.1) is 0 Å². The number of hydrogen-bond donors (Lipinski definition) is 4. The summed E-state index contributed by atoms with van der Waals surface area (Å²) in [5, 5.41) is 37.3. The number of aliphatic hydroxyl groups excluding tert-OH is 2. The predicted molar refractivity (Wildman–Crippen MR) is 269 cm³/mol. The van der Waals surface area contributed by atoms with Crippen molar-refractivity contribution < 1.29 is 92.1 Å². The Labute approximate surface area is 441 Å². The molecule has 0 radical (unpaired) electrons. The number of benzene rings is 4. The van der Waals surface area contributed by atoms with E-state index in [9.17, 15) is 68.0 Å². The molecule has 4 aromatic rings. The fourth-order valence-electron chi connectivity index (χ4n) is 9.39. The summed E-state index contributed by atoms with van der Waals surface area (Å²) in [7, 11) is 0. The molecule has 0 aliphatic carbocycles. The van der Waals surface area contributed by atoms with Gasteiger partial charge in [-0.2, -0.15) is 52.7 Å². The standard InChI is InChI=1S/C30H36F6O4.C27H32F6O4/c1-7-27(8-2,23-11-12-25(20(4)16-23)38-17-24-18-39-26(5,6)40-24)22-10-9-21(19(3)15-22)13-14-28(37,29(31,32)33)30(34,35)36;1-5-24(6-2,21-9-10-23(18(4)14-21)37-16-22(35)15-34)20-8-7-19(17(3)13-20)11-12-25(36,26(28,29)30)27(31,32)33/h9-16,24,37H,7-8,17-18H2,1-6H3;7-14,22,34-36H,5-6,15-16H2,1-4H3/b14-13+;12-11+/t24-;22-/m10/s1. The third-order valence-electron chi connectivity index (χ3n) is 14.4. The minimum absolute atomic E-state index is 0.0740. The maximum absolute atomic E-state index is 13.1. The molecule has 8 nitrogen and oxygen atoms in total. The molecular formula is C57H68F12O8. The van der Waals surface area contributed by atoms with Crippen LogP contribution in [0.2, 0.25) is 0 Å². The molecule has 5 rings (SSSR count). The Bertz CT molecular complexity index is 2630. The van der Waals surface area contributed by atoms with Crippen LogP contribution in [0.25, 0.3) is 12.2 Å². The molecule has 4 aromatic carbocycles. The average Bonchev–Trinajstić information content (AvgIpc) is 3.70. The summed E-state index contributed by atoms with van der Waals surface area (Å²) in [6, 6.07) is 21.2. The second-order valence-electron chi connectivity index (χ2n) is 19.8. The van der Waals surface area contributed by atoms with Crippen LogP contribution < -0.4 is 9.47 Å². The molecule has 2 atom stereocenters. The van der Waals surface area contributed by atoms with Gasteiger partial charge in [0.2, 0.25) is 0 Å². The Kier molecular flexibility index (Phi) is 20.5. The number of alkyl halides is 12. The van der Waals surface area contributed by atoms with Crippen molar-refractivity contribution >= 4 is 12.2 Å². The monoisotopic (exact) mass is 1110 g/mol. The fourth-order valence-corrected chi connectivity index (χ4v) is 9.39. The van der Waals surface area contributed by atoms with Crippen LogP contribution in [-0.2, 0) is 20.3 Å². The van der Waals surface area contributed by atoms with Crippen LogP contribution in [-0.4, -0.2) is 101 Å². The lowest BCUT2D eigenvalue weighted by molar-refractivity contribution is -0.348. The fraction of sp³-hybridized carbons (Fsp3) is 0.509. The largest absolute Gasteiger partial charge is 0.491 e. The average molecular weight is 1110 g/mol. The number of hydrogen-bond acceptors (Lipinski definition) is 8. The second-order valence-corrected chi connectivity index (χ2v) is 19.8. The first-order valence-corrected chi connectivity index (χ1v) is 24.9. The number of rotatable bonds is 19. The Hall–Kier alpha value is -5.12. The zero-order valence-corrected chi connectivity index (χ0v) is 44.5. The summed E-state index contributed by atoms with van der Waals surface area (Å²) in [6.07, 6.45) is -21.4. The minimum atomic E-state index is -5.93. The van der Waals surface area contributed by atoms with Crippen molar-refractivity contribution in [3.05, 3.63) is 141 Å². The molecule has 1 aliphatic heterocycles. The maximum atomic E-state index is 13.1. The lowest BCUT2D eigenvalue weighted by atomic mass is 9.70. The second kappa shape index (κ2) is 24.5. The summed E-state index contributed by atoms with van der Waals surface area (Å²) < 4.78 is 180. The smallest absolute Gasteiger partial charge is 0.430 e. The lowest BCUT2D eigenvalue weighted by Crippen LogP contribution is -2.55. The molecule has 4 N–H and O–H groups in total. The third kappa shape index (κ3) is 14.2. The van der Waals surface area contributed by atoms with Crippen LogP contribution in [0, 0.1) is 27.7 Å². The molecule has 1 saturated heterocycles. The molecule has 1 fully saturated rings. The maximum Gasteiger partial charge on any atom is 0.430 e. The number of halogens is 12. The van der Waals surface area contributed by atoms with Crippen LogP contribution in [0.5, 0.6) is 11.5 Å². The van der Waals surface area contributed by atoms with Gasteiger partial charge in [0, 0.05) is 10.8 Å². The van der Waals surface area contributed by atoms with E-state index in [-0.39, 0.29) is 36.0 Å². The van der Waals surface area contributed by atoms with Crippen molar-refractivity contribution in [2.75, 3.05) is 26.4 Å². The highest BCUT2D eigenvalue weighted by atomic mass is 19.4. The van der Waals surface area contributed by atoms with E-state index in [1.165, 1.54) is 12.1 Å². The molecule has 0 saturated carbocycles. The Morgan fingerprint density at radius 1 is 0.558 bits per heavy atom. The predicted octanol–water partition coefficient (Wildman–Crippen LogP) is 13.8. The van der Waals surface area contributed by atoms with Gasteiger partial charge in [0.25, 0.3) is 11.2 Å². The summed E-state index contributed by atoms with van der Waals surface area (Å²) in [5.41, 5.74) is -4.33. The normalized spacial score (nSPS) is 16.5. The van der Waals surface area contributed by atoms with Gasteiger partial charge in [0.1, 0.15) is 36.9 Å². The van der Waals surface area contributed by atoms with E-state index in [4.69, 9.17) is 24.1 Å². The Morgan fingerprint density at radius 3 is 1.18 bits per heavy atom. The van der Waals surface area contributed by atoms with Crippen molar-refractivity contribution in [2.45, 2.75) is 160 Å². The third-order valence-corrected chi connectivity index (χ3v) is 14.4. The minimum Gasteiger partial charge on any atom is -0.491 e. The molecule has 1 aliphatic rings. The zero-order valence-electron chi connectivity index (χ0n) is 44.5. The van der Waals surface area contributed by atoms with E-state index in [1.54, 1.807) is 44.2 Å². The van der Waals surface area contributed by atoms with Crippen molar-refractivity contribution in [3.63, 3.8) is 0 Å². The molecule has 0 amide bonds. The highest BCUT2D eigenvalue weighted by molar-refractivity contribution is 5.59. The van der Waals surface area contributed by atoms with Gasteiger partial charge in [-0.1, -0.05) is 101 Å². The van der Waals surface area contributed by atoms with Crippen molar-refractivity contribution in [1.29, 1.82) is 0 Å². The molecule has 77 heavy (non-hydrogen) atoms. The quantitative estimate of drug-likeness (QED) is 0.0686. The summed E-state index contributed by atoms with van der Waals surface area (Å²) >= 11 is 0. The number of aliphatic hydroxyl groups is 4. The van der Waals surface area contributed by atoms with Gasteiger partial charge in [-0.25, -0.2) is 0 Å². The first kappa shape index (κ1) is 64.4. The van der Waals surface area contributed by atoms with Gasteiger partial charge >= 0.3 is 24.7 Å². The van der Waals surface area contributed by atoms with Crippen molar-refractivity contribution in [1.82, 2.24) is 0 Å². The van der Waals surface area contributed by atoms with Crippen molar-refractivity contribution in [3.8, 4) is 11.5 Å². The van der Waals surface area contributed by atoms with E-state index >= 15 is 0 Å². The van der Waals surface area contributed by atoms with E-state index < -0.39 is 65.2 Å². The van der Waals surface area contributed by atoms with Crippen LogP contribution in [0.4, 0.5) is 52.7 Å². The molecule has 20 heteroatoms. The summed E-state index contributed by atoms with van der Waals surface area (Å²) in [6.45, 7) is 18.9. The van der Waals surface area contributed by atoms with Gasteiger partial charge in [-0.05, 0) is 147 Å². The number of aryl methyl sites for hydroxylation is 4. The molecule has 0 spiro atoms. The van der Waals surface area contributed by atoms with Gasteiger partial charge in [-0.3, -0.25) is 0 Å². The molecule has 0 bridgehead atoms. The SMILES string of the molecule is CCC(CC)(c1ccc(/C=C/C(O)(C(F)(F)F)C(F)(F)F)c(C)c1)c1ccc(OC[C@@H](O)CO)c(C)c1.CCC(CC)(c1ccc(/C=C/C(O)(C(F)(F)F)C(F)(F)F)c(C)c1)c1ccc(OC[C@@H]2COC(C)(C)O2)c(C)c1. The first-order chi connectivity index (χ1) is 35.4. The van der Waals surface area contributed by atoms with Crippen LogP contribution in [0.1, 0.15) is 123 Å². The summed E-state index contributed by atoms with van der Waals surface area (Å²) in [4.78, 5) is 0. The van der Waals surface area contributed by atoms with E-state index in [0.29, 0.717) is 73.7 Å². The van der Waals surface area contributed by atoms with Gasteiger partial charge < -0.3 is 39.4 Å². The van der Waals surface area contributed by atoms with Gasteiger partial charge in [0.05, 0.1) is 13.2 Å². The van der Waals surface area contributed by atoms with E-state index in [0.717, 1.165) is 33.4 Å². The lowest BCUT2D eigenvalue weighted by Gasteiger charge is -2.34. The molecule has 428 valence electrons. The Morgan fingerprint density at radius 2 is 0.896 bits per heavy atom. The van der Waals surface area contributed by atoms with E-state index in [2.05, 4.69) is 0 Å². The zero-order chi connectivity index (χ0) is 58.4. The Balaban J connectivity index is 0.000000334. The van der Waals surface area contributed by atoms with Crippen LogP contribution in [0.15, 0.2) is 84.9 Å². The molecular weight excluding hydrogens is 1040 g/mol. The highest BCUT2D eigenvalue weighted by Crippen LogP contribution is 2.47. The molecule has 1 heterocycles. The number of ether oxygens (including phenoxy) is 4. The first-order valence-electron chi connectivity index (χ1n) is 24.9. The highest BCUT2D eigenvalue weighted by Gasteiger charge is 2.70. The van der Waals surface area contributed by atoms with E-state index in [1.807, 2.05) is 85.7 Å². The molecule has 0 aromatic heterocycles. The topological polar surface area (TPSA) is 118 Å². The summed E-state index contributed by atoms with van der Waals surface area (Å²) in [5.74, 6) is 0.600. The van der Waals surface area contributed by atoms with Crippen LogP contribution in [0.3, 0.4) is 0 Å². The van der Waals surface area contributed by atoms with Crippen LogP contribution >= 0.6 is 0 Å². The van der Waals surface area contributed by atoms with Crippen molar-refractivity contribution in [2.24, 2.45) is 0 Å². The van der Waals surface area contributed by atoms with Gasteiger partial charge in [0.15, 0.2) is 5.79 Å². The molecule has 0 unspecified atom stereocenters.